The van der Waals surface area contributed by atoms with Crippen LogP contribution in [0.25, 0.3) is 0 Å². The van der Waals surface area contributed by atoms with Gasteiger partial charge in [-0.25, -0.2) is 0 Å². The molecule has 18 heavy (non-hydrogen) atoms. The van der Waals surface area contributed by atoms with E-state index in [1.54, 1.807) is 0 Å². The number of ether oxygens (including phenoxy) is 1. The van der Waals surface area contributed by atoms with Crippen molar-refractivity contribution in [2.24, 2.45) is 5.92 Å². The lowest BCUT2D eigenvalue weighted by Gasteiger charge is -2.35. The quantitative estimate of drug-likeness (QED) is 0.709. The van der Waals surface area contributed by atoms with Crippen LogP contribution in [0.5, 0.6) is 0 Å². The average Bonchev–Trinajstić information content (AvgIpc) is 3.09. The Bertz CT molecular complexity index is 282. The second-order valence-corrected chi connectivity index (χ2v) is 5.84. The van der Waals surface area contributed by atoms with E-state index in [4.69, 9.17) is 4.74 Å². The van der Waals surface area contributed by atoms with Crippen molar-refractivity contribution < 1.29 is 9.53 Å². The lowest BCUT2D eigenvalue weighted by atomic mass is 9.86. The van der Waals surface area contributed by atoms with Gasteiger partial charge in [0.25, 0.3) is 0 Å². The first-order chi connectivity index (χ1) is 8.73. The highest BCUT2D eigenvalue weighted by Gasteiger charge is 2.52. The largest absolute Gasteiger partial charge is 0.465 e. The third-order valence-electron chi connectivity index (χ3n) is 4.38. The van der Waals surface area contributed by atoms with Crippen LogP contribution in [0.1, 0.15) is 65.2 Å². The van der Waals surface area contributed by atoms with E-state index in [0.717, 1.165) is 12.8 Å². The number of esters is 1. The Labute approximate surface area is 111 Å². The molecule has 1 atom stereocenters. The molecule has 0 spiro atoms. The first-order valence-electron chi connectivity index (χ1n) is 7.68. The van der Waals surface area contributed by atoms with Gasteiger partial charge in [0, 0.05) is 6.04 Å². The highest BCUT2D eigenvalue weighted by atomic mass is 16.5. The zero-order valence-electron chi connectivity index (χ0n) is 11.8. The van der Waals surface area contributed by atoms with Crippen molar-refractivity contribution in [3.63, 3.8) is 0 Å². The highest BCUT2D eigenvalue weighted by molar-refractivity contribution is 5.82. The Kier molecular flexibility index (Phi) is 4.66. The SMILES string of the molecule is CCCC(NC1CCCC1)(C(=O)OCC)C1CC1. The minimum Gasteiger partial charge on any atom is -0.465 e. The molecule has 0 aromatic carbocycles. The van der Waals surface area contributed by atoms with E-state index in [1.807, 2.05) is 6.92 Å². The topological polar surface area (TPSA) is 38.3 Å². The molecule has 1 unspecified atom stereocenters. The minimum absolute atomic E-state index is 0.00116. The van der Waals surface area contributed by atoms with Crippen LogP contribution in [0.2, 0.25) is 0 Å². The maximum Gasteiger partial charge on any atom is 0.326 e. The van der Waals surface area contributed by atoms with Crippen LogP contribution in [-0.2, 0) is 9.53 Å². The van der Waals surface area contributed by atoms with Gasteiger partial charge in [-0.3, -0.25) is 10.1 Å². The van der Waals surface area contributed by atoms with Gasteiger partial charge in [-0.1, -0.05) is 26.2 Å². The van der Waals surface area contributed by atoms with Crippen LogP contribution in [0.3, 0.4) is 0 Å². The van der Waals surface area contributed by atoms with E-state index in [-0.39, 0.29) is 11.5 Å². The predicted octanol–water partition coefficient (Wildman–Crippen LogP) is 3.03. The van der Waals surface area contributed by atoms with Crippen molar-refractivity contribution in [1.29, 1.82) is 0 Å². The van der Waals surface area contributed by atoms with Gasteiger partial charge >= 0.3 is 5.97 Å². The van der Waals surface area contributed by atoms with Gasteiger partial charge in [0.1, 0.15) is 5.54 Å². The van der Waals surface area contributed by atoms with Crippen LogP contribution < -0.4 is 5.32 Å². The van der Waals surface area contributed by atoms with E-state index < -0.39 is 0 Å². The van der Waals surface area contributed by atoms with Gasteiger partial charge in [0.05, 0.1) is 6.61 Å². The van der Waals surface area contributed by atoms with E-state index >= 15 is 0 Å². The number of nitrogens with one attached hydrogen (secondary N) is 1. The molecule has 2 fully saturated rings. The molecule has 3 heteroatoms. The van der Waals surface area contributed by atoms with Crippen LogP contribution >= 0.6 is 0 Å². The molecule has 3 nitrogen and oxygen atoms in total. The van der Waals surface area contributed by atoms with Crippen molar-refractivity contribution in [2.75, 3.05) is 6.61 Å². The minimum atomic E-state index is -0.375. The normalized spacial score (nSPS) is 23.9. The number of carbonyl (C=O) groups excluding carboxylic acids is 1. The molecule has 2 saturated carbocycles. The maximum atomic E-state index is 12.4. The van der Waals surface area contributed by atoms with Crippen molar-refractivity contribution in [3.05, 3.63) is 0 Å². The first-order valence-corrected chi connectivity index (χ1v) is 7.68. The van der Waals surface area contributed by atoms with Crippen LogP contribution in [-0.4, -0.2) is 24.2 Å². The molecule has 104 valence electrons. The monoisotopic (exact) mass is 253 g/mol. The van der Waals surface area contributed by atoms with E-state index in [0.29, 0.717) is 18.6 Å². The Hall–Kier alpha value is -0.570. The summed E-state index contributed by atoms with van der Waals surface area (Å²) in [6.45, 7) is 4.55. The molecule has 0 aliphatic heterocycles. The smallest absolute Gasteiger partial charge is 0.326 e. The molecule has 0 radical (unpaired) electrons. The Morgan fingerprint density at radius 2 is 1.89 bits per heavy atom. The summed E-state index contributed by atoms with van der Waals surface area (Å²) in [6, 6.07) is 0.529. The molecular weight excluding hydrogens is 226 g/mol. The van der Waals surface area contributed by atoms with Crippen LogP contribution in [0, 0.1) is 5.92 Å². The average molecular weight is 253 g/mol. The van der Waals surface area contributed by atoms with Crippen molar-refractivity contribution in [3.8, 4) is 0 Å². The van der Waals surface area contributed by atoms with Crippen LogP contribution in [0.4, 0.5) is 0 Å². The summed E-state index contributed by atoms with van der Waals surface area (Å²) < 4.78 is 5.37. The highest BCUT2D eigenvalue weighted by Crippen LogP contribution is 2.44. The summed E-state index contributed by atoms with van der Waals surface area (Å²) in [6.07, 6.45) is 9.36. The van der Waals surface area contributed by atoms with Gasteiger partial charge in [-0.05, 0) is 44.9 Å². The van der Waals surface area contributed by atoms with Gasteiger partial charge in [0.15, 0.2) is 0 Å². The Balaban J connectivity index is 2.09. The fraction of sp³-hybridized carbons (Fsp3) is 0.933. The van der Waals surface area contributed by atoms with Crippen LogP contribution in [0.15, 0.2) is 0 Å². The summed E-state index contributed by atoms with van der Waals surface area (Å²) in [5.74, 6) is 0.512. The second-order valence-electron chi connectivity index (χ2n) is 5.84. The predicted molar refractivity (Wildman–Crippen MR) is 72.4 cm³/mol. The Morgan fingerprint density at radius 1 is 1.22 bits per heavy atom. The van der Waals surface area contributed by atoms with Gasteiger partial charge in [0.2, 0.25) is 0 Å². The number of hydrogen-bond acceptors (Lipinski definition) is 3. The fourth-order valence-corrected chi connectivity index (χ4v) is 3.39. The summed E-state index contributed by atoms with van der Waals surface area (Å²) in [5.41, 5.74) is -0.375. The van der Waals surface area contributed by atoms with Crippen molar-refractivity contribution in [2.45, 2.75) is 76.8 Å². The van der Waals surface area contributed by atoms with Crippen molar-refractivity contribution in [1.82, 2.24) is 5.32 Å². The maximum absolute atomic E-state index is 12.4. The number of hydrogen-bond donors (Lipinski definition) is 1. The lowest BCUT2D eigenvalue weighted by Crippen LogP contribution is -2.57. The summed E-state index contributed by atoms with van der Waals surface area (Å²) >= 11 is 0. The number of rotatable bonds is 7. The molecular formula is C15H27NO2. The molecule has 0 amide bonds. The zero-order valence-corrected chi connectivity index (χ0v) is 11.8. The summed E-state index contributed by atoms with van der Waals surface area (Å²) in [7, 11) is 0. The molecule has 0 aromatic rings. The van der Waals surface area contributed by atoms with E-state index in [2.05, 4.69) is 12.2 Å². The first kappa shape index (κ1) is 13.9. The molecule has 2 aliphatic carbocycles. The van der Waals surface area contributed by atoms with Crippen molar-refractivity contribution >= 4 is 5.97 Å². The molecule has 0 aromatic heterocycles. The molecule has 0 saturated heterocycles. The molecule has 0 bridgehead atoms. The summed E-state index contributed by atoms with van der Waals surface area (Å²) in [5, 5.41) is 3.70. The Morgan fingerprint density at radius 3 is 2.39 bits per heavy atom. The second kappa shape index (κ2) is 6.05. The zero-order chi connectivity index (χ0) is 13.0. The van der Waals surface area contributed by atoms with Gasteiger partial charge in [-0.2, -0.15) is 0 Å². The molecule has 1 N–H and O–H groups in total. The summed E-state index contributed by atoms with van der Waals surface area (Å²) in [4.78, 5) is 12.4. The van der Waals surface area contributed by atoms with E-state index in [1.165, 1.54) is 38.5 Å². The number of carbonyl (C=O) groups is 1. The van der Waals surface area contributed by atoms with Gasteiger partial charge in [-0.15, -0.1) is 0 Å². The van der Waals surface area contributed by atoms with Gasteiger partial charge < -0.3 is 4.74 Å². The molecule has 2 rings (SSSR count). The van der Waals surface area contributed by atoms with E-state index in [9.17, 15) is 4.79 Å². The standard InChI is InChI=1S/C15H27NO2/c1-3-11-15(12-9-10-12,14(17)18-4-2)16-13-7-5-6-8-13/h12-13,16H,3-11H2,1-2H3. The molecule has 0 heterocycles. The fourth-order valence-electron chi connectivity index (χ4n) is 3.39. The molecule has 2 aliphatic rings. The third-order valence-corrected chi connectivity index (χ3v) is 4.38. The lowest BCUT2D eigenvalue weighted by molar-refractivity contribution is -0.153. The third kappa shape index (κ3) is 2.87.